The average molecular weight is 318 g/mol. The van der Waals surface area contributed by atoms with E-state index in [-0.39, 0.29) is 11.6 Å². The van der Waals surface area contributed by atoms with Gasteiger partial charge in [0.2, 0.25) is 0 Å². The van der Waals surface area contributed by atoms with Crippen molar-refractivity contribution in [1.29, 1.82) is 0 Å². The van der Waals surface area contributed by atoms with E-state index in [1.165, 1.54) is 18.2 Å². The molecule has 2 aromatic carbocycles. The summed E-state index contributed by atoms with van der Waals surface area (Å²) in [5.41, 5.74) is 0.745. The minimum Gasteiger partial charge on any atom is -0.381 e. The first-order valence-corrected chi connectivity index (χ1v) is 6.51. The lowest BCUT2D eigenvalue weighted by Gasteiger charge is -2.14. The number of alkyl halides is 3. The third-order valence-corrected chi connectivity index (χ3v) is 3.49. The number of hydrogen-bond donors (Lipinski definition) is 1. The van der Waals surface area contributed by atoms with Gasteiger partial charge in [-0.2, -0.15) is 13.2 Å². The van der Waals surface area contributed by atoms with E-state index in [0.717, 1.165) is 12.1 Å². The Balaban J connectivity index is 2.22. The molecule has 0 spiro atoms. The Morgan fingerprint density at radius 1 is 1.14 bits per heavy atom. The lowest BCUT2D eigenvalue weighted by molar-refractivity contribution is -0.137. The van der Waals surface area contributed by atoms with Crippen molar-refractivity contribution in [3.63, 3.8) is 0 Å². The highest BCUT2D eigenvalue weighted by Crippen LogP contribution is 2.32. The smallest absolute Gasteiger partial charge is 0.381 e. The summed E-state index contributed by atoms with van der Waals surface area (Å²) in [6, 6.07) is 7.77. The summed E-state index contributed by atoms with van der Waals surface area (Å²) in [6.45, 7) is 1.83. The number of anilines is 1. The summed E-state index contributed by atoms with van der Waals surface area (Å²) in [5, 5.41) is 2.83. The van der Waals surface area contributed by atoms with Crippen molar-refractivity contribution in [2.24, 2.45) is 0 Å². The first-order valence-electron chi connectivity index (χ1n) is 6.13. The highest BCUT2D eigenvalue weighted by atomic mass is 35.5. The number of halogens is 5. The maximum absolute atomic E-state index is 13.3. The fraction of sp³-hybridized carbons (Fsp3) is 0.200. The molecule has 0 amide bonds. The molecule has 0 unspecified atom stereocenters. The van der Waals surface area contributed by atoms with Crippen molar-refractivity contribution in [3.8, 4) is 0 Å². The van der Waals surface area contributed by atoms with Crippen LogP contribution in [0.15, 0.2) is 36.4 Å². The van der Waals surface area contributed by atoms with Crippen LogP contribution >= 0.6 is 11.6 Å². The molecule has 0 fully saturated rings. The number of aryl methyl sites for hydroxylation is 1. The molecule has 0 bridgehead atoms. The zero-order valence-electron chi connectivity index (χ0n) is 11.1. The normalized spacial score (nSPS) is 11.5. The van der Waals surface area contributed by atoms with Gasteiger partial charge in [-0.25, -0.2) is 4.39 Å². The molecular weight excluding hydrogens is 306 g/mol. The van der Waals surface area contributed by atoms with Gasteiger partial charge < -0.3 is 5.32 Å². The molecule has 0 saturated carbocycles. The van der Waals surface area contributed by atoms with Crippen LogP contribution < -0.4 is 5.32 Å². The predicted molar refractivity (Wildman–Crippen MR) is 74.9 cm³/mol. The SMILES string of the molecule is Cc1ccc(C(F)(F)F)cc1NCc1cccc(F)c1Cl. The Hall–Kier alpha value is -1.75. The number of benzene rings is 2. The molecule has 0 radical (unpaired) electrons. The molecule has 0 aliphatic carbocycles. The van der Waals surface area contributed by atoms with Gasteiger partial charge in [0.1, 0.15) is 5.82 Å². The maximum Gasteiger partial charge on any atom is 0.416 e. The van der Waals surface area contributed by atoms with Gasteiger partial charge in [-0.15, -0.1) is 0 Å². The van der Waals surface area contributed by atoms with E-state index >= 15 is 0 Å². The highest BCUT2D eigenvalue weighted by Gasteiger charge is 2.30. The van der Waals surface area contributed by atoms with E-state index in [2.05, 4.69) is 5.32 Å². The Bertz CT molecular complexity index is 653. The number of nitrogens with one attached hydrogen (secondary N) is 1. The van der Waals surface area contributed by atoms with Crippen molar-refractivity contribution in [2.75, 3.05) is 5.32 Å². The molecule has 112 valence electrons. The molecule has 0 aliphatic heterocycles. The summed E-state index contributed by atoms with van der Waals surface area (Å²) in [6.07, 6.45) is -4.40. The van der Waals surface area contributed by atoms with Gasteiger partial charge >= 0.3 is 6.18 Å². The van der Waals surface area contributed by atoms with E-state index < -0.39 is 17.6 Å². The van der Waals surface area contributed by atoms with Crippen molar-refractivity contribution in [1.82, 2.24) is 0 Å². The summed E-state index contributed by atoms with van der Waals surface area (Å²) in [7, 11) is 0. The summed E-state index contributed by atoms with van der Waals surface area (Å²) < 4.78 is 51.3. The quantitative estimate of drug-likeness (QED) is 0.745. The fourth-order valence-electron chi connectivity index (χ4n) is 1.86. The highest BCUT2D eigenvalue weighted by molar-refractivity contribution is 6.31. The second-order valence-electron chi connectivity index (χ2n) is 4.59. The van der Waals surface area contributed by atoms with Crippen LogP contribution in [0.4, 0.5) is 23.2 Å². The van der Waals surface area contributed by atoms with Crippen LogP contribution in [0.25, 0.3) is 0 Å². The zero-order valence-corrected chi connectivity index (χ0v) is 11.8. The molecule has 1 nitrogen and oxygen atoms in total. The van der Waals surface area contributed by atoms with Crippen molar-refractivity contribution < 1.29 is 17.6 Å². The van der Waals surface area contributed by atoms with Crippen molar-refractivity contribution in [3.05, 3.63) is 63.9 Å². The topological polar surface area (TPSA) is 12.0 Å². The van der Waals surface area contributed by atoms with E-state index in [4.69, 9.17) is 11.6 Å². The molecule has 0 heterocycles. The van der Waals surface area contributed by atoms with Crippen LogP contribution in [0.3, 0.4) is 0 Å². The second kappa shape index (κ2) is 5.93. The van der Waals surface area contributed by atoms with Gasteiger partial charge in [0, 0.05) is 12.2 Å². The van der Waals surface area contributed by atoms with Crippen LogP contribution in [0, 0.1) is 12.7 Å². The molecule has 2 rings (SSSR count). The Morgan fingerprint density at radius 2 is 1.86 bits per heavy atom. The lowest BCUT2D eigenvalue weighted by atomic mass is 10.1. The molecule has 0 saturated heterocycles. The van der Waals surface area contributed by atoms with Crippen LogP contribution in [0.1, 0.15) is 16.7 Å². The van der Waals surface area contributed by atoms with Crippen molar-refractivity contribution >= 4 is 17.3 Å². The van der Waals surface area contributed by atoms with Crippen LogP contribution in [0.2, 0.25) is 5.02 Å². The number of rotatable bonds is 3. The number of hydrogen-bond acceptors (Lipinski definition) is 1. The molecular formula is C15H12ClF4N. The molecule has 6 heteroatoms. The summed E-state index contributed by atoms with van der Waals surface area (Å²) in [4.78, 5) is 0. The molecule has 2 aromatic rings. The third-order valence-electron chi connectivity index (χ3n) is 3.07. The molecule has 0 aromatic heterocycles. The minimum absolute atomic E-state index is 0.0328. The van der Waals surface area contributed by atoms with E-state index in [1.54, 1.807) is 13.0 Å². The van der Waals surface area contributed by atoms with Gasteiger partial charge in [-0.3, -0.25) is 0 Å². The summed E-state index contributed by atoms with van der Waals surface area (Å²) in [5.74, 6) is -0.559. The standard InChI is InChI=1S/C15H12ClF4N/c1-9-5-6-11(15(18,19)20)7-13(9)21-8-10-3-2-4-12(17)14(10)16/h2-7,21H,8H2,1H3. The minimum atomic E-state index is -4.40. The lowest BCUT2D eigenvalue weighted by Crippen LogP contribution is -2.08. The fourth-order valence-corrected chi connectivity index (χ4v) is 2.06. The van der Waals surface area contributed by atoms with Gasteiger partial charge in [0.05, 0.1) is 10.6 Å². The third kappa shape index (κ3) is 3.67. The van der Waals surface area contributed by atoms with E-state index in [1.807, 2.05) is 0 Å². The Kier molecular flexibility index (Phi) is 4.42. The van der Waals surface area contributed by atoms with E-state index in [9.17, 15) is 17.6 Å². The monoisotopic (exact) mass is 317 g/mol. The van der Waals surface area contributed by atoms with Gasteiger partial charge in [0.25, 0.3) is 0 Å². The van der Waals surface area contributed by atoms with Crippen molar-refractivity contribution in [2.45, 2.75) is 19.6 Å². The second-order valence-corrected chi connectivity index (χ2v) is 4.97. The van der Waals surface area contributed by atoms with Gasteiger partial charge in [-0.05, 0) is 36.2 Å². The Labute approximate surface area is 124 Å². The van der Waals surface area contributed by atoms with Gasteiger partial charge in [-0.1, -0.05) is 29.8 Å². The Morgan fingerprint density at radius 3 is 2.52 bits per heavy atom. The summed E-state index contributed by atoms with van der Waals surface area (Å²) >= 11 is 5.81. The molecule has 1 N–H and O–H groups in total. The predicted octanol–water partition coefficient (Wildman–Crippen LogP) is 5.42. The van der Waals surface area contributed by atoms with Gasteiger partial charge in [0.15, 0.2) is 0 Å². The average Bonchev–Trinajstić information content (AvgIpc) is 2.40. The van der Waals surface area contributed by atoms with Crippen LogP contribution in [0.5, 0.6) is 0 Å². The van der Waals surface area contributed by atoms with Crippen LogP contribution in [-0.4, -0.2) is 0 Å². The van der Waals surface area contributed by atoms with Crippen LogP contribution in [-0.2, 0) is 12.7 Å². The zero-order chi connectivity index (χ0) is 15.6. The largest absolute Gasteiger partial charge is 0.416 e. The van der Waals surface area contributed by atoms with E-state index in [0.29, 0.717) is 16.8 Å². The first kappa shape index (κ1) is 15.6. The molecule has 21 heavy (non-hydrogen) atoms. The molecule has 0 aliphatic rings. The first-order chi connectivity index (χ1) is 9.79. The maximum atomic E-state index is 13.3. The molecule has 0 atom stereocenters.